The number of nitrogens with zero attached hydrogens (tertiary/aromatic N) is 2. The SMILES string of the molecule is CC(=O)N1CCN(C2CCC(C(C)(C)C)CC2)CC(O)(COc2ccccc2)C1. The monoisotopic (exact) mass is 402 g/mol. The Morgan fingerprint density at radius 2 is 1.76 bits per heavy atom. The maximum absolute atomic E-state index is 12.1. The molecule has 2 fully saturated rings. The van der Waals surface area contributed by atoms with Gasteiger partial charge < -0.3 is 14.7 Å². The van der Waals surface area contributed by atoms with Gasteiger partial charge in [-0.2, -0.15) is 0 Å². The van der Waals surface area contributed by atoms with Crippen LogP contribution >= 0.6 is 0 Å². The minimum atomic E-state index is -1.07. The van der Waals surface area contributed by atoms with Gasteiger partial charge in [0, 0.05) is 32.6 Å². The van der Waals surface area contributed by atoms with Gasteiger partial charge in [-0.1, -0.05) is 39.0 Å². The van der Waals surface area contributed by atoms with Crippen molar-refractivity contribution in [2.45, 2.75) is 65.0 Å². The van der Waals surface area contributed by atoms with Crippen LogP contribution in [0, 0.1) is 11.3 Å². The van der Waals surface area contributed by atoms with E-state index in [0.717, 1.165) is 31.1 Å². The summed E-state index contributed by atoms with van der Waals surface area (Å²) >= 11 is 0. The molecule has 1 saturated carbocycles. The van der Waals surface area contributed by atoms with Crippen molar-refractivity contribution in [2.75, 3.05) is 32.8 Å². The molecule has 0 aromatic heterocycles. The summed E-state index contributed by atoms with van der Waals surface area (Å²) in [6, 6.07) is 10.1. The molecule has 5 nitrogen and oxygen atoms in total. The summed E-state index contributed by atoms with van der Waals surface area (Å²) in [7, 11) is 0. The fourth-order valence-corrected chi connectivity index (χ4v) is 4.90. The topological polar surface area (TPSA) is 53.0 Å². The third-order valence-electron chi connectivity index (χ3n) is 6.77. The Morgan fingerprint density at radius 3 is 2.34 bits per heavy atom. The van der Waals surface area contributed by atoms with Crippen molar-refractivity contribution in [3.8, 4) is 5.75 Å². The average molecular weight is 403 g/mol. The van der Waals surface area contributed by atoms with E-state index in [-0.39, 0.29) is 12.5 Å². The van der Waals surface area contributed by atoms with E-state index in [9.17, 15) is 9.90 Å². The molecule has 1 amide bonds. The van der Waals surface area contributed by atoms with Gasteiger partial charge in [0.05, 0.1) is 6.54 Å². The number of rotatable bonds is 4. The zero-order chi connectivity index (χ0) is 21.1. The molecule has 1 unspecified atom stereocenters. The maximum Gasteiger partial charge on any atom is 0.219 e. The number of β-amino-alcohol motifs (C(OH)–C–C–N with tert-alkyl or cyclic N) is 1. The first-order valence-corrected chi connectivity index (χ1v) is 11.1. The molecule has 1 aliphatic carbocycles. The highest BCUT2D eigenvalue weighted by Gasteiger charge is 2.40. The Labute approximate surface area is 176 Å². The molecule has 1 saturated heterocycles. The predicted octanol–water partition coefficient (Wildman–Crippen LogP) is 3.57. The van der Waals surface area contributed by atoms with Crippen molar-refractivity contribution in [1.29, 1.82) is 0 Å². The first-order valence-electron chi connectivity index (χ1n) is 11.1. The molecule has 1 N–H and O–H groups in total. The lowest BCUT2D eigenvalue weighted by molar-refractivity contribution is -0.132. The highest BCUT2D eigenvalue weighted by molar-refractivity contribution is 5.73. The molecule has 5 heteroatoms. The number of benzene rings is 1. The zero-order valence-corrected chi connectivity index (χ0v) is 18.6. The smallest absolute Gasteiger partial charge is 0.219 e. The van der Waals surface area contributed by atoms with Crippen LogP contribution in [0.2, 0.25) is 0 Å². The van der Waals surface area contributed by atoms with Crippen LogP contribution in [0.15, 0.2) is 30.3 Å². The third kappa shape index (κ3) is 5.95. The fraction of sp³-hybridized carbons (Fsp3) is 0.708. The van der Waals surface area contributed by atoms with Gasteiger partial charge in [0.25, 0.3) is 0 Å². The van der Waals surface area contributed by atoms with Crippen molar-refractivity contribution in [3.05, 3.63) is 30.3 Å². The maximum atomic E-state index is 12.1. The average Bonchev–Trinajstić information content (AvgIpc) is 2.87. The van der Waals surface area contributed by atoms with Crippen LogP contribution in [0.25, 0.3) is 0 Å². The number of carbonyl (C=O) groups is 1. The summed E-state index contributed by atoms with van der Waals surface area (Å²) in [4.78, 5) is 16.3. The van der Waals surface area contributed by atoms with Gasteiger partial charge in [0.15, 0.2) is 0 Å². The first-order chi connectivity index (χ1) is 13.7. The van der Waals surface area contributed by atoms with Gasteiger partial charge in [-0.05, 0) is 49.1 Å². The van der Waals surface area contributed by atoms with Gasteiger partial charge in [-0.25, -0.2) is 0 Å². The van der Waals surface area contributed by atoms with E-state index in [4.69, 9.17) is 4.74 Å². The number of para-hydroxylation sites is 1. The number of carbonyl (C=O) groups excluding carboxylic acids is 1. The minimum absolute atomic E-state index is 0.0152. The van der Waals surface area contributed by atoms with Crippen molar-refractivity contribution in [1.82, 2.24) is 9.80 Å². The van der Waals surface area contributed by atoms with Gasteiger partial charge in [-0.3, -0.25) is 9.69 Å². The number of hydrogen-bond donors (Lipinski definition) is 1. The van der Waals surface area contributed by atoms with Gasteiger partial charge >= 0.3 is 0 Å². The standard InChI is InChI=1S/C24H38N2O3/c1-19(27)25-14-15-26(21-12-10-20(11-13-21)23(2,3)4)17-24(28,16-25)18-29-22-8-6-5-7-9-22/h5-9,20-21,28H,10-18H2,1-4H3. The van der Waals surface area contributed by atoms with Gasteiger partial charge in [-0.15, -0.1) is 0 Å². The van der Waals surface area contributed by atoms with E-state index in [2.05, 4.69) is 25.7 Å². The molecule has 1 aromatic carbocycles. The number of aliphatic hydroxyl groups is 1. The molecule has 3 rings (SSSR count). The van der Waals surface area contributed by atoms with Crippen LogP contribution in [0.3, 0.4) is 0 Å². The Balaban J connectivity index is 1.68. The van der Waals surface area contributed by atoms with Crippen LogP contribution in [-0.4, -0.2) is 65.2 Å². The lowest BCUT2D eigenvalue weighted by atomic mass is 9.71. The second-order valence-electron chi connectivity index (χ2n) is 10.1. The molecular weight excluding hydrogens is 364 g/mol. The van der Waals surface area contributed by atoms with E-state index >= 15 is 0 Å². The molecule has 0 radical (unpaired) electrons. The van der Waals surface area contributed by atoms with E-state index in [1.807, 2.05) is 30.3 Å². The summed E-state index contributed by atoms with van der Waals surface area (Å²) in [5, 5.41) is 11.5. The summed E-state index contributed by atoms with van der Waals surface area (Å²) in [5.74, 6) is 1.53. The van der Waals surface area contributed by atoms with Crippen LogP contribution in [0.4, 0.5) is 0 Å². The summed E-state index contributed by atoms with van der Waals surface area (Å²) in [5.41, 5.74) is -0.710. The summed E-state index contributed by atoms with van der Waals surface area (Å²) < 4.78 is 5.91. The fourth-order valence-electron chi connectivity index (χ4n) is 4.90. The van der Waals surface area contributed by atoms with Crippen molar-refractivity contribution < 1.29 is 14.6 Å². The quantitative estimate of drug-likeness (QED) is 0.837. The normalized spacial score (nSPS) is 29.3. The van der Waals surface area contributed by atoms with Crippen molar-refractivity contribution in [3.63, 3.8) is 0 Å². The van der Waals surface area contributed by atoms with E-state index < -0.39 is 5.60 Å². The zero-order valence-electron chi connectivity index (χ0n) is 18.6. The number of amides is 1. The lowest BCUT2D eigenvalue weighted by Crippen LogP contribution is -2.53. The second kappa shape index (κ2) is 9.05. The highest BCUT2D eigenvalue weighted by atomic mass is 16.5. The molecule has 0 bridgehead atoms. The molecule has 2 aliphatic rings. The molecule has 1 atom stereocenters. The molecule has 1 aliphatic heterocycles. The predicted molar refractivity (Wildman–Crippen MR) is 116 cm³/mol. The molecule has 29 heavy (non-hydrogen) atoms. The van der Waals surface area contributed by atoms with Crippen LogP contribution in [-0.2, 0) is 4.79 Å². The summed E-state index contributed by atoms with van der Waals surface area (Å²) in [6.45, 7) is 11.2. The highest BCUT2D eigenvalue weighted by Crippen LogP contribution is 2.39. The van der Waals surface area contributed by atoms with E-state index in [1.54, 1.807) is 11.8 Å². The molecule has 0 spiro atoms. The van der Waals surface area contributed by atoms with E-state index in [1.165, 1.54) is 12.8 Å². The third-order valence-corrected chi connectivity index (χ3v) is 6.77. The minimum Gasteiger partial charge on any atom is -0.490 e. The second-order valence-corrected chi connectivity index (χ2v) is 10.1. The van der Waals surface area contributed by atoms with Crippen LogP contribution in [0.5, 0.6) is 5.75 Å². The number of hydrogen-bond acceptors (Lipinski definition) is 4. The molecule has 1 aromatic rings. The van der Waals surface area contributed by atoms with E-state index in [0.29, 0.717) is 31.1 Å². The molecule has 162 valence electrons. The number of ether oxygens (including phenoxy) is 1. The molecule has 1 heterocycles. The lowest BCUT2D eigenvalue weighted by Gasteiger charge is -2.42. The summed E-state index contributed by atoms with van der Waals surface area (Å²) in [6.07, 6.45) is 4.80. The molecular formula is C24H38N2O3. The van der Waals surface area contributed by atoms with Crippen molar-refractivity contribution in [2.24, 2.45) is 11.3 Å². The Kier molecular flexibility index (Phi) is 6.90. The Morgan fingerprint density at radius 1 is 1.10 bits per heavy atom. The van der Waals surface area contributed by atoms with Crippen molar-refractivity contribution >= 4 is 5.91 Å². The largest absolute Gasteiger partial charge is 0.490 e. The Hall–Kier alpha value is -1.59. The van der Waals surface area contributed by atoms with Gasteiger partial charge in [0.1, 0.15) is 18.0 Å². The van der Waals surface area contributed by atoms with Crippen LogP contribution in [0.1, 0.15) is 53.4 Å². The van der Waals surface area contributed by atoms with Gasteiger partial charge in [0.2, 0.25) is 5.91 Å². The van der Waals surface area contributed by atoms with Crippen LogP contribution < -0.4 is 4.74 Å². The Bertz CT molecular complexity index is 664. The first kappa shape index (κ1) is 22.1.